The minimum Gasteiger partial charge on any atom is -0.505 e. The van der Waals surface area contributed by atoms with Gasteiger partial charge in [0.1, 0.15) is 17.1 Å². The number of rotatable bonds is 6. The maximum Gasteiger partial charge on any atom is 0.217 e. The molecule has 0 spiro atoms. The second-order valence-corrected chi connectivity index (χ2v) is 11.5. The van der Waals surface area contributed by atoms with Crippen LogP contribution in [0.5, 0.6) is 17.4 Å². The molecule has 222 valence electrons. The van der Waals surface area contributed by atoms with Crippen LogP contribution in [0.15, 0.2) is 103 Å². The minimum atomic E-state index is 0. The molecule has 6 heteroatoms. The van der Waals surface area contributed by atoms with Crippen molar-refractivity contribution < 1.29 is 30.9 Å². The molecule has 7 aromatic rings. The molecule has 3 aromatic heterocycles. The Morgan fingerprint density at radius 3 is 2.23 bits per heavy atom. The molecule has 0 saturated heterocycles. The summed E-state index contributed by atoms with van der Waals surface area (Å²) in [5.41, 5.74) is 6.51. The number of aromatic nitrogens is 3. The number of hydrogen-bond acceptors (Lipinski definition) is 4. The fourth-order valence-electron chi connectivity index (χ4n) is 5.99. The molecule has 0 fully saturated rings. The van der Waals surface area contributed by atoms with Crippen LogP contribution in [0.25, 0.3) is 49.7 Å². The van der Waals surface area contributed by atoms with Crippen molar-refractivity contribution in [2.24, 2.45) is 0 Å². The van der Waals surface area contributed by atoms with Crippen LogP contribution in [0, 0.1) is 6.07 Å². The van der Waals surface area contributed by atoms with Crippen LogP contribution in [0.2, 0.25) is 0 Å². The Bertz CT molecular complexity index is 2120. The van der Waals surface area contributed by atoms with Gasteiger partial charge in [-0.1, -0.05) is 93.9 Å². The summed E-state index contributed by atoms with van der Waals surface area (Å²) >= 11 is 0. The third-order valence-corrected chi connectivity index (χ3v) is 8.07. The number of phenols is 1. The monoisotopic (exact) mass is 757 g/mol. The number of para-hydroxylation sites is 1. The minimum absolute atomic E-state index is 0. The molecule has 0 aliphatic carbocycles. The van der Waals surface area contributed by atoms with E-state index in [-0.39, 0.29) is 38.7 Å². The summed E-state index contributed by atoms with van der Waals surface area (Å²) in [5.74, 6) is 2.31. The molecule has 3 heterocycles. The predicted molar refractivity (Wildman–Crippen MR) is 175 cm³/mol. The molecule has 5 nitrogen and oxygen atoms in total. The average Bonchev–Trinajstić information content (AvgIpc) is 3.35. The smallest absolute Gasteiger partial charge is 0.217 e. The Balaban J connectivity index is 0.00000343. The van der Waals surface area contributed by atoms with Crippen molar-refractivity contribution in [2.75, 3.05) is 0 Å². The van der Waals surface area contributed by atoms with E-state index in [2.05, 4.69) is 79.7 Å². The predicted octanol–water partition coefficient (Wildman–Crippen LogP) is 9.94. The van der Waals surface area contributed by atoms with Crippen molar-refractivity contribution in [3.8, 4) is 34.3 Å². The summed E-state index contributed by atoms with van der Waals surface area (Å²) in [6.07, 6.45) is 1.80. The van der Waals surface area contributed by atoms with Gasteiger partial charge < -0.3 is 14.4 Å². The van der Waals surface area contributed by atoms with Crippen molar-refractivity contribution in [1.82, 2.24) is 14.5 Å². The molecule has 7 rings (SSSR count). The van der Waals surface area contributed by atoms with Gasteiger partial charge in [0.05, 0.1) is 0 Å². The second kappa shape index (κ2) is 11.9. The van der Waals surface area contributed by atoms with Crippen LogP contribution in [-0.4, -0.2) is 19.6 Å². The SMILES string of the molecule is CC(C)c1cc(C(C)C)c2c(-c3ccccc3)cc(Oc3[c-]c4c(cc3)c3ccccc3n4-c3ccccn3)nc2c1O.[Pt]. The first-order chi connectivity index (χ1) is 20.9. The Morgan fingerprint density at radius 2 is 1.50 bits per heavy atom. The van der Waals surface area contributed by atoms with Crippen molar-refractivity contribution in [1.29, 1.82) is 0 Å². The number of aromatic hydroxyl groups is 1. The molecule has 0 saturated carbocycles. The van der Waals surface area contributed by atoms with Gasteiger partial charge in [0.15, 0.2) is 0 Å². The van der Waals surface area contributed by atoms with E-state index in [1.807, 2.05) is 60.7 Å². The number of phenolic OH excluding ortho intramolecular Hbond substituents is 1. The maximum atomic E-state index is 11.5. The number of fused-ring (bicyclic) bond motifs is 4. The van der Waals surface area contributed by atoms with E-state index in [4.69, 9.17) is 9.72 Å². The first-order valence-electron chi connectivity index (χ1n) is 14.7. The topological polar surface area (TPSA) is 60.2 Å². The summed E-state index contributed by atoms with van der Waals surface area (Å²) in [5, 5.41) is 14.7. The van der Waals surface area contributed by atoms with Crippen molar-refractivity contribution in [3.63, 3.8) is 0 Å². The van der Waals surface area contributed by atoms with Gasteiger partial charge in [0, 0.05) is 50.0 Å². The fraction of sp³-hybridized carbons (Fsp3) is 0.158. The summed E-state index contributed by atoms with van der Waals surface area (Å²) in [4.78, 5) is 9.57. The van der Waals surface area contributed by atoms with Crippen LogP contribution in [0.3, 0.4) is 0 Å². The van der Waals surface area contributed by atoms with Crippen molar-refractivity contribution in [2.45, 2.75) is 39.5 Å². The molecule has 0 aliphatic heterocycles. The summed E-state index contributed by atoms with van der Waals surface area (Å²) in [7, 11) is 0. The molecule has 0 unspecified atom stereocenters. The number of pyridine rings is 2. The molecule has 1 N–H and O–H groups in total. The van der Waals surface area contributed by atoms with Crippen molar-refractivity contribution >= 4 is 32.7 Å². The van der Waals surface area contributed by atoms with E-state index in [1.165, 1.54) is 0 Å². The van der Waals surface area contributed by atoms with Crippen LogP contribution >= 0.6 is 0 Å². The Hall–Kier alpha value is -4.47. The van der Waals surface area contributed by atoms with Gasteiger partial charge in [-0.15, -0.1) is 17.5 Å². The zero-order chi connectivity index (χ0) is 29.7. The zero-order valence-corrected chi connectivity index (χ0v) is 27.3. The molecule has 0 amide bonds. The summed E-state index contributed by atoms with van der Waals surface area (Å²) in [6, 6.07) is 36.0. The standard InChI is InChI=1S/C38H32N3O2.Pt/c1-23(2)29-21-30(24(3)4)38(42)37-36(29)31(25-12-6-5-7-13-25)22-35(40-37)43-26-17-18-28-27-14-8-9-15-32(27)41(33(28)20-26)34-16-10-11-19-39-34;/h5-19,21-24,42H,1-4H3;/q-1;. The van der Waals surface area contributed by atoms with E-state index in [0.29, 0.717) is 17.1 Å². The van der Waals surface area contributed by atoms with E-state index in [9.17, 15) is 5.11 Å². The zero-order valence-electron chi connectivity index (χ0n) is 25.0. The average molecular weight is 758 g/mol. The normalized spacial score (nSPS) is 11.5. The number of nitrogens with zero attached hydrogens (tertiary/aromatic N) is 3. The molecule has 44 heavy (non-hydrogen) atoms. The molecule has 0 atom stereocenters. The van der Waals surface area contributed by atoms with Crippen LogP contribution in [0.4, 0.5) is 0 Å². The van der Waals surface area contributed by atoms with Crippen LogP contribution in [-0.2, 0) is 21.1 Å². The van der Waals surface area contributed by atoms with Crippen LogP contribution in [0.1, 0.15) is 50.7 Å². The van der Waals surface area contributed by atoms with E-state index < -0.39 is 0 Å². The van der Waals surface area contributed by atoms with Crippen LogP contribution < -0.4 is 4.74 Å². The third-order valence-electron chi connectivity index (χ3n) is 8.07. The molecule has 4 aromatic carbocycles. The Morgan fingerprint density at radius 1 is 0.773 bits per heavy atom. The molecular formula is C38H32N3O2Pt-. The van der Waals surface area contributed by atoms with E-state index in [1.54, 1.807) is 6.20 Å². The number of benzene rings is 4. The second-order valence-electron chi connectivity index (χ2n) is 11.5. The summed E-state index contributed by atoms with van der Waals surface area (Å²) < 4.78 is 8.60. The molecular weight excluding hydrogens is 726 g/mol. The quantitative estimate of drug-likeness (QED) is 0.172. The number of ether oxygens (including phenoxy) is 1. The maximum absolute atomic E-state index is 11.5. The van der Waals surface area contributed by atoms with Gasteiger partial charge in [0.25, 0.3) is 0 Å². The van der Waals surface area contributed by atoms with Gasteiger partial charge in [-0.25, -0.2) is 9.97 Å². The third kappa shape index (κ3) is 5.06. The van der Waals surface area contributed by atoms with Gasteiger partial charge in [-0.2, -0.15) is 6.07 Å². The van der Waals surface area contributed by atoms with Gasteiger partial charge in [-0.3, -0.25) is 0 Å². The molecule has 0 bridgehead atoms. The Labute approximate surface area is 271 Å². The molecule has 0 radical (unpaired) electrons. The first-order valence-corrected chi connectivity index (χ1v) is 14.7. The number of hydrogen-bond donors (Lipinski definition) is 1. The van der Waals surface area contributed by atoms with Gasteiger partial charge in [0.2, 0.25) is 5.88 Å². The largest absolute Gasteiger partial charge is 0.505 e. The molecule has 0 aliphatic rings. The van der Waals surface area contributed by atoms with Crippen molar-refractivity contribution in [3.05, 3.63) is 120 Å². The van der Waals surface area contributed by atoms with Gasteiger partial charge >= 0.3 is 0 Å². The van der Waals surface area contributed by atoms with Gasteiger partial charge in [-0.05, 0) is 57.7 Å². The first kappa shape index (κ1) is 29.6. The fourth-order valence-corrected chi connectivity index (χ4v) is 5.99. The Kier molecular flexibility index (Phi) is 8.00. The van der Waals surface area contributed by atoms with E-state index in [0.717, 1.165) is 55.3 Å². The van der Waals surface area contributed by atoms with E-state index >= 15 is 0 Å². The summed E-state index contributed by atoms with van der Waals surface area (Å²) in [6.45, 7) is 8.54.